The van der Waals surface area contributed by atoms with E-state index < -0.39 is 0 Å². The zero-order valence-corrected chi connectivity index (χ0v) is 14.8. The molecule has 126 valence electrons. The van der Waals surface area contributed by atoms with Gasteiger partial charge in [-0.3, -0.25) is 0 Å². The number of para-hydroxylation sites is 1. The zero-order chi connectivity index (χ0) is 17.8. The number of anilines is 2. The van der Waals surface area contributed by atoms with Gasteiger partial charge in [0.25, 0.3) is 0 Å². The van der Waals surface area contributed by atoms with Crippen LogP contribution in [-0.4, -0.2) is 0 Å². The first-order valence-corrected chi connectivity index (χ1v) is 8.89. The number of hydrogen-bond donors (Lipinski definition) is 1. The van der Waals surface area contributed by atoms with Gasteiger partial charge in [0.05, 0.1) is 0 Å². The molecule has 1 heteroatoms. The Balaban J connectivity index is 1.80. The standard InChI is InChI=1S/C25H21N/c1-19-11-10-18-24(25(19)21-14-6-3-7-15-21)26-23-17-9-8-16-22(23)20-12-4-2-5-13-20/h2-18,26H,1H3. The summed E-state index contributed by atoms with van der Waals surface area (Å²) in [4.78, 5) is 0. The molecule has 0 unspecified atom stereocenters. The van der Waals surface area contributed by atoms with Crippen LogP contribution in [0.2, 0.25) is 0 Å². The van der Waals surface area contributed by atoms with E-state index in [1.807, 2.05) is 6.07 Å². The molecule has 0 aromatic heterocycles. The van der Waals surface area contributed by atoms with E-state index in [1.165, 1.54) is 27.8 Å². The van der Waals surface area contributed by atoms with E-state index in [-0.39, 0.29) is 0 Å². The Hall–Kier alpha value is -3.32. The maximum Gasteiger partial charge on any atom is 0.0466 e. The molecule has 0 fully saturated rings. The van der Waals surface area contributed by atoms with E-state index >= 15 is 0 Å². The Kier molecular flexibility index (Phi) is 4.53. The molecule has 0 amide bonds. The van der Waals surface area contributed by atoms with Crippen molar-refractivity contribution in [3.05, 3.63) is 109 Å². The molecule has 0 heterocycles. The highest BCUT2D eigenvalue weighted by molar-refractivity contribution is 5.87. The molecule has 0 atom stereocenters. The molecule has 1 N–H and O–H groups in total. The summed E-state index contributed by atoms with van der Waals surface area (Å²) in [7, 11) is 0. The molecule has 0 spiro atoms. The molecule has 0 saturated carbocycles. The smallest absolute Gasteiger partial charge is 0.0466 e. The van der Waals surface area contributed by atoms with Crippen LogP contribution in [0, 0.1) is 6.92 Å². The van der Waals surface area contributed by atoms with Crippen molar-refractivity contribution in [2.75, 3.05) is 5.32 Å². The summed E-state index contributed by atoms with van der Waals surface area (Å²) in [6.07, 6.45) is 0. The van der Waals surface area contributed by atoms with Gasteiger partial charge >= 0.3 is 0 Å². The van der Waals surface area contributed by atoms with Crippen LogP contribution in [0.25, 0.3) is 22.3 Å². The molecule has 0 bridgehead atoms. The van der Waals surface area contributed by atoms with Crippen LogP contribution < -0.4 is 5.32 Å². The van der Waals surface area contributed by atoms with Crippen molar-refractivity contribution < 1.29 is 0 Å². The molecule has 4 rings (SSSR count). The number of nitrogens with one attached hydrogen (secondary N) is 1. The summed E-state index contributed by atoms with van der Waals surface area (Å²) < 4.78 is 0. The van der Waals surface area contributed by atoms with Gasteiger partial charge in [-0.15, -0.1) is 0 Å². The second-order valence-corrected chi connectivity index (χ2v) is 6.40. The summed E-state index contributed by atoms with van der Waals surface area (Å²) in [6, 6.07) is 35.9. The number of rotatable bonds is 4. The van der Waals surface area contributed by atoms with Crippen LogP contribution in [0.3, 0.4) is 0 Å². The third kappa shape index (κ3) is 3.25. The summed E-state index contributed by atoms with van der Waals surface area (Å²) in [6.45, 7) is 2.16. The molecule has 4 aromatic carbocycles. The largest absolute Gasteiger partial charge is 0.355 e. The summed E-state index contributed by atoms with van der Waals surface area (Å²) in [5.74, 6) is 0. The van der Waals surface area contributed by atoms with Gasteiger partial charge in [-0.25, -0.2) is 0 Å². The Morgan fingerprint density at radius 2 is 1.08 bits per heavy atom. The lowest BCUT2D eigenvalue weighted by Crippen LogP contribution is -1.97. The molecule has 0 radical (unpaired) electrons. The topological polar surface area (TPSA) is 12.0 Å². The fourth-order valence-corrected chi connectivity index (χ4v) is 3.37. The van der Waals surface area contributed by atoms with Crippen LogP contribution in [0.1, 0.15) is 5.56 Å². The highest BCUT2D eigenvalue weighted by atomic mass is 14.9. The first-order chi connectivity index (χ1) is 12.8. The quantitative estimate of drug-likeness (QED) is 0.420. The molecular formula is C25H21N. The predicted molar refractivity (Wildman–Crippen MR) is 112 cm³/mol. The average molecular weight is 335 g/mol. The van der Waals surface area contributed by atoms with Crippen LogP contribution >= 0.6 is 0 Å². The van der Waals surface area contributed by atoms with Gasteiger partial charge in [0.1, 0.15) is 0 Å². The van der Waals surface area contributed by atoms with Crippen molar-refractivity contribution >= 4 is 11.4 Å². The van der Waals surface area contributed by atoms with Crippen molar-refractivity contribution in [2.24, 2.45) is 0 Å². The van der Waals surface area contributed by atoms with E-state index in [4.69, 9.17) is 0 Å². The molecule has 0 saturated heterocycles. The monoisotopic (exact) mass is 335 g/mol. The SMILES string of the molecule is Cc1cccc(Nc2ccccc2-c2ccccc2)c1-c1ccccc1. The van der Waals surface area contributed by atoms with E-state index in [2.05, 4.69) is 109 Å². The van der Waals surface area contributed by atoms with E-state index in [1.54, 1.807) is 0 Å². The normalized spacial score (nSPS) is 10.5. The fraction of sp³-hybridized carbons (Fsp3) is 0.0400. The Morgan fingerprint density at radius 1 is 0.500 bits per heavy atom. The minimum absolute atomic E-state index is 1.11. The van der Waals surface area contributed by atoms with Gasteiger partial charge in [0.15, 0.2) is 0 Å². The number of aryl methyl sites for hydroxylation is 1. The van der Waals surface area contributed by atoms with Crippen molar-refractivity contribution in [2.45, 2.75) is 6.92 Å². The fourth-order valence-electron chi connectivity index (χ4n) is 3.37. The Bertz CT molecular complexity index is 1000. The molecular weight excluding hydrogens is 314 g/mol. The third-order valence-corrected chi connectivity index (χ3v) is 4.62. The second kappa shape index (κ2) is 7.28. The first-order valence-electron chi connectivity index (χ1n) is 8.89. The summed E-state index contributed by atoms with van der Waals surface area (Å²) >= 11 is 0. The summed E-state index contributed by atoms with van der Waals surface area (Å²) in [5.41, 5.74) is 8.39. The minimum Gasteiger partial charge on any atom is -0.355 e. The first kappa shape index (κ1) is 16.2. The van der Waals surface area contributed by atoms with Crippen LogP contribution in [0.15, 0.2) is 103 Å². The Morgan fingerprint density at radius 3 is 1.81 bits per heavy atom. The van der Waals surface area contributed by atoms with Gasteiger partial charge in [-0.1, -0.05) is 91.0 Å². The van der Waals surface area contributed by atoms with E-state index in [9.17, 15) is 0 Å². The lowest BCUT2D eigenvalue weighted by atomic mass is 9.97. The third-order valence-electron chi connectivity index (χ3n) is 4.62. The van der Waals surface area contributed by atoms with Crippen LogP contribution in [0.5, 0.6) is 0 Å². The minimum atomic E-state index is 1.11. The lowest BCUT2D eigenvalue weighted by Gasteiger charge is -2.17. The molecule has 0 aliphatic heterocycles. The number of hydrogen-bond acceptors (Lipinski definition) is 1. The maximum absolute atomic E-state index is 3.68. The van der Waals surface area contributed by atoms with E-state index in [0.29, 0.717) is 0 Å². The van der Waals surface area contributed by atoms with Crippen molar-refractivity contribution in [3.63, 3.8) is 0 Å². The van der Waals surface area contributed by atoms with Gasteiger partial charge in [0, 0.05) is 22.5 Å². The molecule has 0 aliphatic rings. The highest BCUT2D eigenvalue weighted by Gasteiger charge is 2.10. The molecule has 0 aliphatic carbocycles. The average Bonchev–Trinajstić information content (AvgIpc) is 2.70. The highest BCUT2D eigenvalue weighted by Crippen LogP contribution is 2.36. The second-order valence-electron chi connectivity index (χ2n) is 6.40. The predicted octanol–water partition coefficient (Wildman–Crippen LogP) is 7.07. The van der Waals surface area contributed by atoms with Crippen LogP contribution in [0.4, 0.5) is 11.4 Å². The van der Waals surface area contributed by atoms with Crippen LogP contribution in [-0.2, 0) is 0 Å². The molecule has 4 aromatic rings. The number of benzene rings is 4. The zero-order valence-electron chi connectivity index (χ0n) is 14.8. The van der Waals surface area contributed by atoms with Gasteiger partial charge in [-0.05, 0) is 35.7 Å². The molecule has 26 heavy (non-hydrogen) atoms. The lowest BCUT2D eigenvalue weighted by molar-refractivity contribution is 1.43. The Labute approximate surface area is 155 Å². The van der Waals surface area contributed by atoms with Gasteiger partial charge in [0.2, 0.25) is 0 Å². The van der Waals surface area contributed by atoms with Crippen molar-refractivity contribution in [3.8, 4) is 22.3 Å². The molecule has 1 nitrogen and oxygen atoms in total. The van der Waals surface area contributed by atoms with Gasteiger partial charge in [-0.2, -0.15) is 0 Å². The summed E-state index contributed by atoms with van der Waals surface area (Å²) in [5, 5.41) is 3.68. The van der Waals surface area contributed by atoms with Gasteiger partial charge < -0.3 is 5.32 Å². The van der Waals surface area contributed by atoms with E-state index in [0.717, 1.165) is 11.4 Å². The maximum atomic E-state index is 3.68. The van der Waals surface area contributed by atoms with Crippen molar-refractivity contribution in [1.82, 2.24) is 0 Å². The van der Waals surface area contributed by atoms with Crippen molar-refractivity contribution in [1.29, 1.82) is 0 Å².